The van der Waals surface area contributed by atoms with Gasteiger partial charge in [-0.15, -0.1) is 11.3 Å². The number of fused-ring (bicyclic) bond motifs is 1. The van der Waals surface area contributed by atoms with Gasteiger partial charge in [-0.1, -0.05) is 48.5 Å². The molecule has 0 aliphatic carbocycles. The molecule has 2 aromatic carbocycles. The van der Waals surface area contributed by atoms with Crippen molar-refractivity contribution < 1.29 is 14.4 Å². The zero-order valence-electron chi connectivity index (χ0n) is 19.5. The second-order valence-electron chi connectivity index (χ2n) is 8.13. The van der Waals surface area contributed by atoms with Crippen LogP contribution in [0, 0.1) is 6.92 Å². The second-order valence-corrected chi connectivity index (χ2v) is 9.13. The molecular weight excluding hydrogens is 474 g/mol. The quantitative estimate of drug-likeness (QED) is 0.271. The van der Waals surface area contributed by atoms with Gasteiger partial charge in [0.25, 0.3) is 11.8 Å². The fourth-order valence-corrected chi connectivity index (χ4v) is 4.83. The van der Waals surface area contributed by atoms with Gasteiger partial charge in [-0.3, -0.25) is 25.2 Å². The Labute approximate surface area is 210 Å². The predicted octanol–water partition coefficient (Wildman–Crippen LogP) is 4.73. The number of rotatable bonds is 5. The number of thiophene rings is 1. The van der Waals surface area contributed by atoms with Crippen LogP contribution in [0.15, 0.2) is 79.1 Å². The van der Waals surface area contributed by atoms with Crippen molar-refractivity contribution in [1.29, 1.82) is 0 Å². The Hall–Kier alpha value is -4.63. The minimum Gasteiger partial charge on any atom is -0.294 e. The Morgan fingerprint density at radius 3 is 2.28 bits per heavy atom. The lowest BCUT2D eigenvalue weighted by Crippen LogP contribution is -2.41. The van der Waals surface area contributed by atoms with Crippen LogP contribution in [0.3, 0.4) is 0 Å². The molecule has 178 valence electrons. The average Bonchev–Trinajstić information content (AvgIpc) is 3.50. The zero-order chi connectivity index (χ0) is 25.2. The van der Waals surface area contributed by atoms with Crippen LogP contribution in [-0.4, -0.2) is 32.4 Å². The second kappa shape index (κ2) is 9.55. The summed E-state index contributed by atoms with van der Waals surface area (Å²) in [5.41, 5.74) is 8.57. The molecule has 0 radical (unpaired) electrons. The van der Waals surface area contributed by atoms with Crippen molar-refractivity contribution in [2.24, 2.45) is 0 Å². The first-order valence-corrected chi connectivity index (χ1v) is 12.0. The van der Waals surface area contributed by atoms with E-state index >= 15 is 0 Å². The number of pyridine rings is 1. The smallest absolute Gasteiger partial charge is 0.280 e. The van der Waals surface area contributed by atoms with Gasteiger partial charge in [0.1, 0.15) is 10.5 Å². The maximum atomic E-state index is 13.2. The topological polar surface area (TPSA) is 106 Å². The van der Waals surface area contributed by atoms with Gasteiger partial charge in [-0.25, -0.2) is 9.67 Å². The van der Waals surface area contributed by atoms with Crippen LogP contribution in [0.5, 0.6) is 0 Å². The van der Waals surface area contributed by atoms with Crippen molar-refractivity contribution in [3.8, 4) is 16.9 Å². The number of nitrogens with zero attached hydrogens (tertiary/aromatic N) is 3. The van der Waals surface area contributed by atoms with E-state index in [-0.39, 0.29) is 5.78 Å². The molecular formula is C27H21N5O3S. The number of carbonyl (C=O) groups is 3. The largest absolute Gasteiger partial charge is 0.294 e. The molecule has 0 atom stereocenters. The number of para-hydroxylation sites is 1. The molecule has 0 fully saturated rings. The number of aromatic nitrogens is 3. The molecule has 2 N–H and O–H groups in total. The van der Waals surface area contributed by atoms with Gasteiger partial charge in [0, 0.05) is 28.9 Å². The molecule has 9 heteroatoms. The van der Waals surface area contributed by atoms with Gasteiger partial charge in [0.15, 0.2) is 5.78 Å². The summed E-state index contributed by atoms with van der Waals surface area (Å²) in [7, 11) is 0. The van der Waals surface area contributed by atoms with E-state index in [0.717, 1.165) is 16.6 Å². The van der Waals surface area contributed by atoms with Crippen LogP contribution < -0.4 is 10.9 Å². The van der Waals surface area contributed by atoms with Crippen molar-refractivity contribution in [2.45, 2.75) is 13.8 Å². The summed E-state index contributed by atoms with van der Waals surface area (Å²) in [6.07, 6.45) is 3.14. The summed E-state index contributed by atoms with van der Waals surface area (Å²) in [4.78, 5) is 43.2. The molecule has 3 aromatic heterocycles. The number of benzene rings is 2. The van der Waals surface area contributed by atoms with Crippen molar-refractivity contribution in [2.75, 3.05) is 0 Å². The Morgan fingerprint density at radius 2 is 1.58 bits per heavy atom. The highest BCUT2D eigenvalue weighted by molar-refractivity contribution is 7.20. The average molecular weight is 496 g/mol. The molecule has 0 unspecified atom stereocenters. The lowest BCUT2D eigenvalue weighted by Gasteiger charge is -2.07. The van der Waals surface area contributed by atoms with Crippen molar-refractivity contribution >= 4 is 39.2 Å². The Bertz CT molecular complexity index is 1610. The lowest BCUT2D eigenvalue weighted by molar-refractivity contribution is 0.0849. The van der Waals surface area contributed by atoms with Gasteiger partial charge >= 0.3 is 0 Å². The number of hydrazine groups is 1. The molecule has 3 heterocycles. The molecule has 8 nitrogen and oxygen atoms in total. The molecule has 2 amide bonds. The SMILES string of the molecule is CC(=O)c1cnc2sc(C(=O)NNC(=O)c3cn(-c4ccccc4)nc3-c3ccccc3)c(C)c2c1. The first kappa shape index (κ1) is 23.1. The number of ketones is 1. The molecule has 0 aliphatic heterocycles. The van der Waals surface area contributed by atoms with Crippen LogP contribution in [0.4, 0.5) is 0 Å². The summed E-state index contributed by atoms with van der Waals surface area (Å²) >= 11 is 1.20. The highest BCUT2D eigenvalue weighted by atomic mass is 32.1. The fourth-order valence-electron chi connectivity index (χ4n) is 3.81. The van der Waals surface area contributed by atoms with Crippen LogP contribution in [0.1, 0.15) is 42.9 Å². The normalized spacial score (nSPS) is 10.8. The maximum absolute atomic E-state index is 13.2. The lowest BCUT2D eigenvalue weighted by atomic mass is 10.1. The van der Waals surface area contributed by atoms with E-state index in [1.54, 1.807) is 23.9 Å². The highest BCUT2D eigenvalue weighted by Gasteiger charge is 2.21. The summed E-state index contributed by atoms with van der Waals surface area (Å²) in [6, 6.07) is 20.6. The van der Waals surface area contributed by atoms with Crippen LogP contribution >= 0.6 is 11.3 Å². The molecule has 36 heavy (non-hydrogen) atoms. The third-order valence-corrected chi connectivity index (χ3v) is 6.94. The first-order valence-electron chi connectivity index (χ1n) is 11.1. The van der Waals surface area contributed by atoms with Gasteiger partial charge in [-0.05, 0) is 37.6 Å². The number of Topliss-reactive ketones (excluding diaryl/α,β-unsaturated/α-hetero) is 1. The highest BCUT2D eigenvalue weighted by Crippen LogP contribution is 2.30. The van der Waals surface area contributed by atoms with E-state index in [1.165, 1.54) is 24.5 Å². The third kappa shape index (κ3) is 4.39. The Balaban J connectivity index is 1.41. The monoisotopic (exact) mass is 495 g/mol. The molecule has 5 aromatic rings. The fraction of sp³-hybridized carbons (Fsp3) is 0.0741. The van der Waals surface area contributed by atoms with Crippen molar-refractivity contribution in [3.05, 3.63) is 101 Å². The number of carbonyl (C=O) groups excluding carboxylic acids is 3. The van der Waals surface area contributed by atoms with Crippen LogP contribution in [-0.2, 0) is 0 Å². The summed E-state index contributed by atoms with van der Waals surface area (Å²) in [6.45, 7) is 3.26. The number of amides is 2. The molecule has 0 saturated carbocycles. The standard InChI is InChI=1S/C27H21N5O3S/c1-16-21-13-19(17(2)33)14-28-27(21)36-24(16)26(35)30-29-25(34)22-15-32(20-11-7-4-8-12-20)31-23(22)18-9-5-3-6-10-18/h3-15H,1-2H3,(H,29,34)(H,30,35). The number of aryl methyl sites for hydroxylation is 1. The minimum absolute atomic E-state index is 0.0986. The van der Waals surface area contributed by atoms with Crippen molar-refractivity contribution in [1.82, 2.24) is 25.6 Å². The van der Waals surface area contributed by atoms with Crippen LogP contribution in [0.2, 0.25) is 0 Å². The Kier molecular flexibility index (Phi) is 6.14. The number of hydrogen-bond donors (Lipinski definition) is 2. The van der Waals surface area contributed by atoms with Gasteiger partial charge in [-0.2, -0.15) is 5.10 Å². The van der Waals surface area contributed by atoms with E-state index in [0.29, 0.717) is 32.1 Å². The molecule has 0 bridgehead atoms. The van der Waals surface area contributed by atoms with E-state index in [9.17, 15) is 14.4 Å². The Morgan fingerprint density at radius 1 is 0.917 bits per heavy atom. The molecule has 5 rings (SSSR count). The van der Waals surface area contributed by atoms with Crippen molar-refractivity contribution in [3.63, 3.8) is 0 Å². The molecule has 0 saturated heterocycles. The molecule has 0 spiro atoms. The summed E-state index contributed by atoms with van der Waals surface area (Å²) in [5.74, 6) is -1.07. The van der Waals surface area contributed by atoms with Gasteiger partial charge in [0.2, 0.25) is 0 Å². The molecule has 0 aliphatic rings. The van der Waals surface area contributed by atoms with Crippen LogP contribution in [0.25, 0.3) is 27.2 Å². The number of nitrogens with one attached hydrogen (secondary N) is 2. The predicted molar refractivity (Wildman–Crippen MR) is 138 cm³/mol. The summed E-state index contributed by atoms with van der Waals surface area (Å²) in [5, 5.41) is 5.37. The van der Waals surface area contributed by atoms with E-state index in [1.807, 2.05) is 60.7 Å². The zero-order valence-corrected chi connectivity index (χ0v) is 20.3. The maximum Gasteiger partial charge on any atom is 0.280 e. The third-order valence-electron chi connectivity index (χ3n) is 5.72. The van der Waals surface area contributed by atoms with Gasteiger partial charge < -0.3 is 0 Å². The van der Waals surface area contributed by atoms with Gasteiger partial charge in [0.05, 0.1) is 16.1 Å². The number of hydrogen-bond acceptors (Lipinski definition) is 6. The van der Waals surface area contributed by atoms with E-state index in [2.05, 4.69) is 20.9 Å². The first-order chi connectivity index (χ1) is 17.4. The minimum atomic E-state index is -0.500. The van der Waals surface area contributed by atoms with E-state index < -0.39 is 11.8 Å². The summed E-state index contributed by atoms with van der Waals surface area (Å²) < 4.78 is 1.63. The van der Waals surface area contributed by atoms with E-state index in [4.69, 9.17) is 0 Å².